The summed E-state index contributed by atoms with van der Waals surface area (Å²) in [7, 11) is 0. The normalized spacial score (nSPS) is 11.8. The number of nitrogens with zero attached hydrogens (tertiary/aromatic N) is 2. The number of hydrogen-bond acceptors (Lipinski definition) is 4. The Hall–Kier alpha value is -2.40. The fourth-order valence-corrected chi connectivity index (χ4v) is 2.81. The van der Waals surface area contributed by atoms with E-state index in [9.17, 15) is 0 Å². The lowest BCUT2D eigenvalue weighted by Gasteiger charge is -2.16. The molecule has 3 rings (SSSR count). The van der Waals surface area contributed by atoms with Gasteiger partial charge in [-0.2, -0.15) is 4.98 Å². The van der Waals surface area contributed by atoms with Gasteiger partial charge >= 0.3 is 0 Å². The molecule has 0 saturated carbocycles. The van der Waals surface area contributed by atoms with E-state index in [1.54, 1.807) is 0 Å². The van der Waals surface area contributed by atoms with E-state index in [0.717, 1.165) is 21.7 Å². The quantitative estimate of drug-likeness (QED) is 0.614. The smallest absolute Gasteiger partial charge is 0.229 e. The molecule has 1 aromatic heterocycles. The van der Waals surface area contributed by atoms with E-state index in [1.165, 1.54) is 5.56 Å². The van der Waals surface area contributed by atoms with Crippen molar-refractivity contribution in [2.24, 2.45) is 0 Å². The van der Waals surface area contributed by atoms with Gasteiger partial charge in [-0.05, 0) is 47.5 Å². The Morgan fingerprint density at radius 2 is 1.67 bits per heavy atom. The number of rotatable bonds is 5. The van der Waals surface area contributed by atoms with Crippen molar-refractivity contribution in [1.82, 2.24) is 9.97 Å². The summed E-state index contributed by atoms with van der Waals surface area (Å²) in [4.78, 5) is 9.05. The van der Waals surface area contributed by atoms with Gasteiger partial charge in [0.05, 0.1) is 5.69 Å². The topological polar surface area (TPSA) is 49.8 Å². The fourth-order valence-electron chi connectivity index (χ4n) is 2.43. The second-order valence-corrected chi connectivity index (χ2v) is 6.45. The number of aryl methyl sites for hydroxylation is 1. The largest absolute Gasteiger partial charge is 0.363 e. The molecule has 4 nitrogen and oxygen atoms in total. The first-order chi connectivity index (χ1) is 11.6. The zero-order valence-corrected chi connectivity index (χ0v) is 15.2. The van der Waals surface area contributed by atoms with Gasteiger partial charge in [0, 0.05) is 22.3 Å². The molecule has 0 saturated heterocycles. The van der Waals surface area contributed by atoms with E-state index in [0.29, 0.717) is 5.95 Å². The van der Waals surface area contributed by atoms with E-state index < -0.39 is 0 Å². The monoisotopic (exact) mass is 382 g/mol. The average molecular weight is 383 g/mol. The van der Waals surface area contributed by atoms with Crippen LogP contribution in [0.4, 0.5) is 17.5 Å². The third kappa shape index (κ3) is 4.11. The molecule has 1 unspecified atom stereocenters. The van der Waals surface area contributed by atoms with Gasteiger partial charge in [0.1, 0.15) is 5.82 Å². The molecule has 1 atom stereocenters. The highest BCUT2D eigenvalue weighted by atomic mass is 79.9. The third-order valence-electron chi connectivity index (χ3n) is 3.64. The molecule has 0 aliphatic rings. The Kier molecular flexibility index (Phi) is 5.11. The van der Waals surface area contributed by atoms with Gasteiger partial charge in [-0.1, -0.05) is 42.5 Å². The lowest BCUT2D eigenvalue weighted by Crippen LogP contribution is -2.10. The molecule has 5 heteroatoms. The van der Waals surface area contributed by atoms with Gasteiger partial charge < -0.3 is 10.6 Å². The zero-order chi connectivity index (χ0) is 16.9. The Morgan fingerprint density at radius 3 is 2.42 bits per heavy atom. The summed E-state index contributed by atoms with van der Waals surface area (Å²) in [6.45, 7) is 4.08. The first kappa shape index (κ1) is 16.5. The number of halogens is 1. The van der Waals surface area contributed by atoms with E-state index in [2.05, 4.69) is 55.6 Å². The summed E-state index contributed by atoms with van der Waals surface area (Å²) in [6.07, 6.45) is 0. The van der Waals surface area contributed by atoms with Crippen LogP contribution in [0.25, 0.3) is 0 Å². The Balaban J connectivity index is 1.80. The highest BCUT2D eigenvalue weighted by Gasteiger charge is 2.09. The van der Waals surface area contributed by atoms with Crippen LogP contribution in [0.1, 0.15) is 24.2 Å². The summed E-state index contributed by atoms with van der Waals surface area (Å²) in [5, 5.41) is 6.69. The molecule has 0 radical (unpaired) electrons. The van der Waals surface area contributed by atoms with Crippen LogP contribution < -0.4 is 10.6 Å². The summed E-state index contributed by atoms with van der Waals surface area (Å²) in [5.41, 5.74) is 3.06. The summed E-state index contributed by atoms with van der Waals surface area (Å²) in [6, 6.07) is 20.3. The van der Waals surface area contributed by atoms with Crippen molar-refractivity contribution in [3.63, 3.8) is 0 Å². The van der Waals surface area contributed by atoms with E-state index >= 15 is 0 Å². The Bertz CT molecular complexity index is 821. The fraction of sp³-hybridized carbons (Fsp3) is 0.158. The Labute approximate surface area is 150 Å². The lowest BCUT2D eigenvalue weighted by molar-refractivity contribution is 0.871. The minimum absolute atomic E-state index is 0.164. The minimum Gasteiger partial charge on any atom is -0.363 e. The highest BCUT2D eigenvalue weighted by Crippen LogP contribution is 2.25. The van der Waals surface area contributed by atoms with Crippen LogP contribution in [0.3, 0.4) is 0 Å². The molecule has 2 N–H and O–H groups in total. The summed E-state index contributed by atoms with van der Waals surface area (Å²) < 4.78 is 0.974. The molecule has 2 aromatic carbocycles. The first-order valence-electron chi connectivity index (χ1n) is 7.80. The minimum atomic E-state index is 0.164. The molecular weight excluding hydrogens is 364 g/mol. The van der Waals surface area contributed by atoms with Crippen molar-refractivity contribution in [2.45, 2.75) is 19.9 Å². The van der Waals surface area contributed by atoms with Crippen LogP contribution in [-0.4, -0.2) is 9.97 Å². The van der Waals surface area contributed by atoms with Crippen molar-refractivity contribution < 1.29 is 0 Å². The SMILES string of the molecule is Cc1cc(NC(C)c2ccccc2)nc(Nc2ccccc2Br)n1. The van der Waals surface area contributed by atoms with Gasteiger partial charge in [-0.3, -0.25) is 0 Å². The molecule has 0 amide bonds. The van der Waals surface area contributed by atoms with Gasteiger partial charge in [0.2, 0.25) is 5.95 Å². The number of hydrogen-bond donors (Lipinski definition) is 2. The summed E-state index contributed by atoms with van der Waals surface area (Å²) in [5.74, 6) is 1.37. The first-order valence-corrected chi connectivity index (χ1v) is 8.60. The highest BCUT2D eigenvalue weighted by molar-refractivity contribution is 9.10. The van der Waals surface area contributed by atoms with Crippen LogP contribution in [0, 0.1) is 6.92 Å². The molecule has 1 heterocycles. The van der Waals surface area contributed by atoms with E-state index in [-0.39, 0.29) is 6.04 Å². The van der Waals surface area contributed by atoms with Gasteiger partial charge in [-0.15, -0.1) is 0 Å². The molecule has 0 spiro atoms. The Morgan fingerprint density at radius 1 is 0.958 bits per heavy atom. The van der Waals surface area contributed by atoms with Gasteiger partial charge in [0.25, 0.3) is 0 Å². The van der Waals surface area contributed by atoms with Crippen LogP contribution in [0.5, 0.6) is 0 Å². The predicted molar refractivity (Wildman–Crippen MR) is 103 cm³/mol. The molecule has 0 aliphatic heterocycles. The predicted octanol–water partition coefficient (Wildman–Crippen LogP) is 5.46. The maximum Gasteiger partial charge on any atom is 0.229 e. The van der Waals surface area contributed by atoms with Crippen LogP contribution in [0.2, 0.25) is 0 Å². The molecule has 3 aromatic rings. The lowest BCUT2D eigenvalue weighted by atomic mass is 10.1. The van der Waals surface area contributed by atoms with E-state index in [1.807, 2.05) is 55.5 Å². The van der Waals surface area contributed by atoms with Gasteiger partial charge in [-0.25, -0.2) is 4.98 Å². The summed E-state index contributed by atoms with van der Waals surface area (Å²) >= 11 is 3.53. The molecule has 122 valence electrons. The zero-order valence-electron chi connectivity index (χ0n) is 13.6. The maximum atomic E-state index is 4.58. The van der Waals surface area contributed by atoms with Crippen molar-refractivity contribution in [3.8, 4) is 0 Å². The molecule has 0 aliphatic carbocycles. The third-order valence-corrected chi connectivity index (χ3v) is 4.33. The van der Waals surface area contributed by atoms with Crippen molar-refractivity contribution in [1.29, 1.82) is 0 Å². The molecule has 0 bridgehead atoms. The number of benzene rings is 2. The van der Waals surface area contributed by atoms with Crippen LogP contribution in [0.15, 0.2) is 65.1 Å². The average Bonchev–Trinajstić information content (AvgIpc) is 2.57. The number of nitrogens with one attached hydrogen (secondary N) is 2. The van der Waals surface area contributed by atoms with E-state index in [4.69, 9.17) is 0 Å². The standard InChI is InChI=1S/C19H19BrN4/c1-13-12-18(22-14(2)15-8-4-3-5-9-15)24-19(21-13)23-17-11-7-6-10-16(17)20/h3-12,14H,1-2H3,(H2,21,22,23,24). The van der Waals surface area contributed by atoms with Gasteiger partial charge in [0.15, 0.2) is 0 Å². The second kappa shape index (κ2) is 7.45. The van der Waals surface area contributed by atoms with Crippen LogP contribution >= 0.6 is 15.9 Å². The number of para-hydroxylation sites is 1. The number of aromatic nitrogens is 2. The molecule has 0 fully saturated rings. The van der Waals surface area contributed by atoms with Crippen molar-refractivity contribution >= 4 is 33.4 Å². The second-order valence-electron chi connectivity index (χ2n) is 5.60. The number of anilines is 3. The van der Waals surface area contributed by atoms with Crippen LogP contribution in [-0.2, 0) is 0 Å². The van der Waals surface area contributed by atoms with Crippen molar-refractivity contribution in [2.75, 3.05) is 10.6 Å². The molecule has 24 heavy (non-hydrogen) atoms. The van der Waals surface area contributed by atoms with Crippen molar-refractivity contribution in [3.05, 3.63) is 76.4 Å². The molecular formula is C19H19BrN4. The maximum absolute atomic E-state index is 4.58.